The number of carbonyl (C=O) groups excluding carboxylic acids is 1. The van der Waals surface area contributed by atoms with Crippen LogP contribution in [0.4, 0.5) is 27.9 Å². The van der Waals surface area contributed by atoms with Gasteiger partial charge in [0.1, 0.15) is 28.8 Å². The van der Waals surface area contributed by atoms with Crippen molar-refractivity contribution >= 4 is 29.2 Å². The lowest BCUT2D eigenvalue weighted by Crippen LogP contribution is -2.31. The fourth-order valence-electron chi connectivity index (χ4n) is 5.58. The Bertz CT molecular complexity index is 1660. The number of anilines is 4. The number of carbonyl (C=O) groups is 1. The number of amides is 1. The number of likely N-dealkylation sites (tertiary alicyclic amines) is 1. The number of aryl methyl sites for hydroxylation is 1. The number of ether oxygens (including phenoxy) is 4. The highest BCUT2D eigenvalue weighted by atomic mass is 16.6. The number of allylic oxidation sites excluding steroid dienone is 1. The fraction of sp³-hybridized carbons (Fsp3) is 0.324. The second-order valence-corrected chi connectivity index (χ2v) is 11.3. The Kier molecular flexibility index (Phi) is 11.7. The predicted molar refractivity (Wildman–Crippen MR) is 185 cm³/mol. The van der Waals surface area contributed by atoms with E-state index in [2.05, 4.69) is 21.8 Å². The van der Waals surface area contributed by atoms with Crippen LogP contribution in [-0.2, 0) is 6.42 Å². The molecule has 1 aromatic heterocycles. The molecule has 0 saturated carbocycles. The standard InChI is InChI=1S/C37H43N5O5/c1-5-12-28-14-9-13-27(2)35(28)47-37(43)42(32-18-17-30(44-3)26-33(32)45-4)34-19-20-38-36(40-34)39-29-15-10-16-31(25-29)46-24-11-23-41-21-7-6-8-22-41/h5,9-10,13-20,25-26H,1,6-8,11-12,21-24H2,2-4H3,(H,38,39,40). The number of nitrogens with one attached hydrogen (secondary N) is 1. The van der Waals surface area contributed by atoms with Crippen molar-refractivity contribution in [1.82, 2.24) is 14.9 Å². The lowest BCUT2D eigenvalue weighted by Gasteiger charge is -2.26. The molecule has 0 aliphatic carbocycles. The maximum absolute atomic E-state index is 14.1. The smallest absolute Gasteiger partial charge is 0.425 e. The Morgan fingerprint density at radius 3 is 2.62 bits per heavy atom. The van der Waals surface area contributed by atoms with Crippen LogP contribution in [0.25, 0.3) is 0 Å². The van der Waals surface area contributed by atoms with Gasteiger partial charge in [0.2, 0.25) is 5.95 Å². The van der Waals surface area contributed by atoms with E-state index in [1.54, 1.807) is 43.6 Å². The van der Waals surface area contributed by atoms with Gasteiger partial charge in [-0.15, -0.1) is 6.58 Å². The molecule has 5 rings (SSSR count). The summed E-state index contributed by atoms with van der Waals surface area (Å²) in [5.41, 5.74) is 2.83. The van der Waals surface area contributed by atoms with Gasteiger partial charge in [0.15, 0.2) is 0 Å². The van der Waals surface area contributed by atoms with E-state index in [4.69, 9.17) is 23.9 Å². The molecule has 0 unspecified atom stereocenters. The van der Waals surface area contributed by atoms with E-state index in [9.17, 15) is 4.79 Å². The molecule has 10 heteroatoms. The van der Waals surface area contributed by atoms with E-state index in [1.165, 1.54) is 44.4 Å². The molecule has 1 fully saturated rings. The molecule has 246 valence electrons. The van der Waals surface area contributed by atoms with Gasteiger partial charge in [-0.05, 0) is 81.1 Å². The number of nitrogens with zero attached hydrogens (tertiary/aromatic N) is 4. The summed E-state index contributed by atoms with van der Waals surface area (Å²) < 4.78 is 23.2. The van der Waals surface area contributed by atoms with Crippen molar-refractivity contribution in [3.63, 3.8) is 0 Å². The number of benzene rings is 3. The van der Waals surface area contributed by atoms with Crippen LogP contribution < -0.4 is 29.2 Å². The highest BCUT2D eigenvalue weighted by Gasteiger charge is 2.27. The molecule has 0 atom stereocenters. The number of methoxy groups -OCH3 is 2. The number of hydrogen-bond donors (Lipinski definition) is 1. The second kappa shape index (κ2) is 16.5. The molecule has 47 heavy (non-hydrogen) atoms. The molecule has 2 heterocycles. The number of piperidine rings is 1. The first-order valence-corrected chi connectivity index (χ1v) is 16.0. The third kappa shape index (κ3) is 8.80. The Morgan fingerprint density at radius 1 is 1.00 bits per heavy atom. The van der Waals surface area contributed by atoms with E-state index < -0.39 is 6.09 Å². The number of hydrogen-bond acceptors (Lipinski definition) is 9. The molecule has 0 radical (unpaired) electrons. The van der Waals surface area contributed by atoms with Gasteiger partial charge in [-0.25, -0.2) is 14.7 Å². The van der Waals surface area contributed by atoms with Gasteiger partial charge in [-0.2, -0.15) is 4.98 Å². The summed E-state index contributed by atoms with van der Waals surface area (Å²) in [6.07, 6.45) is 8.11. The third-order valence-corrected chi connectivity index (χ3v) is 7.95. The van der Waals surface area contributed by atoms with Crippen LogP contribution in [0.3, 0.4) is 0 Å². The van der Waals surface area contributed by atoms with E-state index >= 15 is 0 Å². The normalized spacial score (nSPS) is 13.0. The fourth-order valence-corrected chi connectivity index (χ4v) is 5.58. The maximum atomic E-state index is 14.1. The molecule has 0 bridgehead atoms. The molecular weight excluding hydrogens is 594 g/mol. The number of aromatic nitrogens is 2. The first-order chi connectivity index (χ1) is 23.0. The first kappa shape index (κ1) is 33.3. The molecule has 1 saturated heterocycles. The molecule has 10 nitrogen and oxygen atoms in total. The summed E-state index contributed by atoms with van der Waals surface area (Å²) >= 11 is 0. The molecular formula is C37H43N5O5. The summed E-state index contributed by atoms with van der Waals surface area (Å²) in [5.74, 6) is 2.76. The minimum Gasteiger partial charge on any atom is -0.497 e. The zero-order chi connectivity index (χ0) is 33.0. The van der Waals surface area contributed by atoms with Crippen LogP contribution in [0.5, 0.6) is 23.0 Å². The molecule has 0 spiro atoms. The van der Waals surface area contributed by atoms with Crippen LogP contribution in [0.1, 0.15) is 36.8 Å². The highest BCUT2D eigenvalue weighted by Crippen LogP contribution is 2.37. The van der Waals surface area contributed by atoms with Crippen LogP contribution >= 0.6 is 0 Å². The average Bonchev–Trinajstić information content (AvgIpc) is 3.09. The minimum atomic E-state index is -0.669. The van der Waals surface area contributed by atoms with Crippen molar-refractivity contribution in [3.05, 3.63) is 96.7 Å². The molecule has 1 aliphatic rings. The summed E-state index contributed by atoms with van der Waals surface area (Å²) in [6.45, 7) is 9.80. The van der Waals surface area contributed by atoms with Gasteiger partial charge in [0, 0.05) is 36.6 Å². The summed E-state index contributed by atoms with van der Waals surface area (Å²) in [5, 5.41) is 3.25. The lowest BCUT2D eigenvalue weighted by atomic mass is 10.1. The van der Waals surface area contributed by atoms with Crippen LogP contribution in [0.2, 0.25) is 0 Å². The Morgan fingerprint density at radius 2 is 1.83 bits per heavy atom. The molecule has 3 aromatic carbocycles. The van der Waals surface area contributed by atoms with Gasteiger partial charge in [-0.1, -0.05) is 36.8 Å². The minimum absolute atomic E-state index is 0.278. The summed E-state index contributed by atoms with van der Waals surface area (Å²) in [6, 6.07) is 20.2. The Balaban J connectivity index is 1.38. The van der Waals surface area contributed by atoms with E-state index in [-0.39, 0.29) is 5.82 Å². The zero-order valence-corrected chi connectivity index (χ0v) is 27.4. The average molecular weight is 638 g/mol. The van der Waals surface area contributed by atoms with Gasteiger partial charge >= 0.3 is 6.09 Å². The van der Waals surface area contributed by atoms with Crippen molar-refractivity contribution in [3.8, 4) is 23.0 Å². The van der Waals surface area contributed by atoms with Gasteiger partial charge in [0.05, 0.1) is 26.5 Å². The topological polar surface area (TPSA) is 98.3 Å². The van der Waals surface area contributed by atoms with Crippen molar-refractivity contribution < 1.29 is 23.7 Å². The van der Waals surface area contributed by atoms with E-state index in [1.807, 2.05) is 49.4 Å². The van der Waals surface area contributed by atoms with Crippen molar-refractivity contribution in [1.29, 1.82) is 0 Å². The molecule has 1 N–H and O–H groups in total. The first-order valence-electron chi connectivity index (χ1n) is 16.0. The third-order valence-electron chi connectivity index (χ3n) is 7.95. The number of para-hydroxylation sites is 1. The van der Waals surface area contributed by atoms with Crippen molar-refractivity contribution in [2.75, 3.05) is 50.7 Å². The Labute approximate surface area is 277 Å². The Hall–Kier alpha value is -5.09. The quantitative estimate of drug-likeness (QED) is 0.109. The molecule has 4 aromatic rings. The van der Waals surface area contributed by atoms with Gasteiger partial charge < -0.3 is 29.2 Å². The monoisotopic (exact) mass is 637 g/mol. The van der Waals surface area contributed by atoms with Crippen LogP contribution in [-0.4, -0.2) is 61.4 Å². The van der Waals surface area contributed by atoms with Crippen LogP contribution in [0, 0.1) is 6.92 Å². The second-order valence-electron chi connectivity index (χ2n) is 11.3. The lowest BCUT2D eigenvalue weighted by molar-refractivity contribution is 0.205. The predicted octanol–water partition coefficient (Wildman–Crippen LogP) is 7.87. The largest absolute Gasteiger partial charge is 0.497 e. The van der Waals surface area contributed by atoms with E-state index in [0.29, 0.717) is 41.9 Å². The van der Waals surface area contributed by atoms with Gasteiger partial charge in [0.25, 0.3) is 0 Å². The van der Waals surface area contributed by atoms with Gasteiger partial charge in [-0.3, -0.25) is 0 Å². The van der Waals surface area contributed by atoms with Crippen molar-refractivity contribution in [2.45, 2.75) is 39.0 Å². The highest BCUT2D eigenvalue weighted by molar-refractivity contribution is 5.98. The molecule has 1 amide bonds. The molecule has 1 aliphatic heterocycles. The summed E-state index contributed by atoms with van der Waals surface area (Å²) in [4.78, 5) is 27.1. The number of rotatable bonds is 14. The maximum Gasteiger partial charge on any atom is 0.425 e. The summed E-state index contributed by atoms with van der Waals surface area (Å²) in [7, 11) is 3.10. The van der Waals surface area contributed by atoms with Crippen LogP contribution in [0.15, 0.2) is 85.6 Å². The SMILES string of the molecule is C=CCc1cccc(C)c1OC(=O)N(c1ccnc(Nc2cccc(OCCCN3CCCCC3)c2)n1)c1ccc(OC)cc1OC. The van der Waals surface area contributed by atoms with Crippen molar-refractivity contribution in [2.24, 2.45) is 0 Å². The van der Waals surface area contributed by atoms with E-state index in [0.717, 1.165) is 35.5 Å². The zero-order valence-electron chi connectivity index (χ0n) is 27.4.